The fourth-order valence-electron chi connectivity index (χ4n) is 7.15. The zero-order valence-corrected chi connectivity index (χ0v) is 29.1. The second kappa shape index (κ2) is 12.6. The molecule has 0 N–H and O–H groups in total. The Morgan fingerprint density at radius 3 is 1.83 bits per heavy atom. The van der Waals surface area contributed by atoms with Gasteiger partial charge in [0, 0.05) is 73.9 Å². The molecule has 6 rings (SSSR count). The van der Waals surface area contributed by atoms with Crippen LogP contribution in [-0.4, -0.2) is 85.2 Å². The molecule has 3 fully saturated rings. The highest BCUT2D eigenvalue weighted by Crippen LogP contribution is 2.48. The van der Waals surface area contributed by atoms with Crippen LogP contribution in [0.2, 0.25) is 10.0 Å². The number of cyclic esters (lactones) is 1. The molecule has 1 atom stereocenters. The van der Waals surface area contributed by atoms with Crippen LogP contribution >= 0.6 is 46.4 Å². The van der Waals surface area contributed by atoms with Crippen molar-refractivity contribution in [1.82, 2.24) is 8.61 Å². The van der Waals surface area contributed by atoms with Gasteiger partial charge in [0.25, 0.3) is 0 Å². The highest BCUT2D eigenvalue weighted by atomic mass is 35.5. The Kier molecular flexibility index (Phi) is 9.36. The van der Waals surface area contributed by atoms with Crippen molar-refractivity contribution < 1.29 is 35.2 Å². The van der Waals surface area contributed by atoms with Gasteiger partial charge in [-0.3, -0.25) is 0 Å². The monoisotopic (exact) mass is 752 g/mol. The summed E-state index contributed by atoms with van der Waals surface area (Å²) in [4.78, 5) is 14.1. The summed E-state index contributed by atoms with van der Waals surface area (Å²) in [6.45, 7) is 0.503. The van der Waals surface area contributed by atoms with Crippen LogP contribution in [0.1, 0.15) is 32.1 Å². The predicted molar refractivity (Wildman–Crippen MR) is 173 cm³/mol. The molecule has 2 aromatic carbocycles. The smallest absolute Gasteiger partial charge is 0.415 e. The Hall–Kier alpha value is -1.74. The number of fused-ring (bicyclic) bond motifs is 1. The van der Waals surface area contributed by atoms with E-state index in [0.717, 1.165) is 17.8 Å². The Morgan fingerprint density at radius 1 is 0.804 bits per heavy atom. The van der Waals surface area contributed by atoms with Crippen molar-refractivity contribution in [2.24, 2.45) is 0 Å². The number of alkyl halides is 2. The second-order valence-electron chi connectivity index (χ2n) is 11.9. The molecule has 3 aliphatic heterocycles. The first-order valence-electron chi connectivity index (χ1n) is 14.7. The zero-order valence-electron chi connectivity index (χ0n) is 24.4. The molecule has 9 nitrogen and oxygen atoms in total. The summed E-state index contributed by atoms with van der Waals surface area (Å²) in [6.07, 6.45) is 4.66. The van der Waals surface area contributed by atoms with E-state index in [1.807, 2.05) is 6.08 Å². The minimum atomic E-state index is -3.93. The summed E-state index contributed by atoms with van der Waals surface area (Å²) in [6, 6.07) is 8.10. The van der Waals surface area contributed by atoms with Gasteiger partial charge in [-0.15, -0.1) is 0 Å². The van der Waals surface area contributed by atoms with Crippen LogP contribution in [0, 0.1) is 5.82 Å². The van der Waals surface area contributed by atoms with Crippen molar-refractivity contribution in [3.8, 4) is 0 Å². The number of benzene rings is 2. The van der Waals surface area contributed by atoms with E-state index in [1.54, 1.807) is 6.08 Å². The van der Waals surface area contributed by atoms with Gasteiger partial charge in [-0.05, 0) is 54.6 Å². The number of ether oxygens (including phenoxy) is 1. The first-order chi connectivity index (χ1) is 21.6. The van der Waals surface area contributed by atoms with Crippen LogP contribution in [0.4, 0.5) is 9.18 Å². The van der Waals surface area contributed by atoms with Crippen molar-refractivity contribution in [3.63, 3.8) is 0 Å². The molecule has 0 bridgehead atoms. The quantitative estimate of drug-likeness (QED) is 0.247. The highest BCUT2D eigenvalue weighted by molar-refractivity contribution is 7.89. The van der Waals surface area contributed by atoms with Crippen LogP contribution in [0.5, 0.6) is 0 Å². The Labute approximate surface area is 287 Å². The largest absolute Gasteiger partial charge is 0.522 e. The van der Waals surface area contributed by atoms with Gasteiger partial charge >= 0.3 is 6.09 Å². The molecule has 3 heterocycles. The van der Waals surface area contributed by atoms with E-state index < -0.39 is 36.3 Å². The number of amides is 1. The van der Waals surface area contributed by atoms with Crippen LogP contribution in [-0.2, 0) is 24.8 Å². The maximum absolute atomic E-state index is 14.1. The molecule has 1 aliphatic carbocycles. The van der Waals surface area contributed by atoms with Crippen LogP contribution in [0.3, 0.4) is 0 Å². The SMILES string of the molecule is O=C1OCC2=CC(Cl)(Cl)CC=C2[N+]1(C1CCN(S(=O)(=O)c2ccc(F)cc2)CC1)C1CCN(S(=O)(=O)c2cc(Cl)cc(Cl)c2)CC1. The van der Waals surface area contributed by atoms with Gasteiger partial charge in [0.05, 0.1) is 9.79 Å². The third-order valence-corrected chi connectivity index (χ3v) is 14.0. The van der Waals surface area contributed by atoms with Gasteiger partial charge in [-0.1, -0.05) is 46.4 Å². The van der Waals surface area contributed by atoms with E-state index in [1.165, 1.54) is 38.9 Å². The number of hydrogen-bond donors (Lipinski definition) is 0. The minimum Gasteiger partial charge on any atom is -0.415 e. The van der Waals surface area contributed by atoms with E-state index in [9.17, 15) is 26.0 Å². The average Bonchev–Trinajstić information content (AvgIpc) is 3.01. The van der Waals surface area contributed by atoms with E-state index in [4.69, 9.17) is 51.1 Å². The van der Waals surface area contributed by atoms with Crippen LogP contribution in [0.25, 0.3) is 0 Å². The van der Waals surface area contributed by atoms with E-state index in [-0.39, 0.29) is 75.6 Å². The van der Waals surface area contributed by atoms with Gasteiger partial charge in [-0.2, -0.15) is 17.9 Å². The predicted octanol–water partition coefficient (Wildman–Crippen LogP) is 6.49. The Balaban J connectivity index is 1.30. The maximum atomic E-state index is 14.1. The fraction of sp³-hybridized carbons (Fsp3) is 0.433. The lowest BCUT2D eigenvalue weighted by atomic mass is 9.88. The number of allylic oxidation sites excluding steroid dienone is 2. The molecule has 0 aromatic heterocycles. The van der Waals surface area contributed by atoms with E-state index in [2.05, 4.69) is 0 Å². The molecular weight excluding hydrogens is 723 g/mol. The number of carbonyl (C=O) groups excluding carboxylic acids is 1. The third kappa shape index (κ3) is 6.14. The lowest BCUT2D eigenvalue weighted by Crippen LogP contribution is -2.69. The van der Waals surface area contributed by atoms with Gasteiger partial charge in [-0.25, -0.2) is 21.2 Å². The lowest BCUT2D eigenvalue weighted by molar-refractivity contribution is -0.875. The highest BCUT2D eigenvalue weighted by Gasteiger charge is 2.60. The van der Waals surface area contributed by atoms with Gasteiger partial charge in [0.2, 0.25) is 20.0 Å². The molecule has 16 heteroatoms. The molecule has 1 unspecified atom stereocenters. The van der Waals surface area contributed by atoms with Crippen molar-refractivity contribution in [3.05, 3.63) is 81.7 Å². The first-order valence-corrected chi connectivity index (χ1v) is 19.1. The second-order valence-corrected chi connectivity index (χ2v) is 18.2. The average molecular weight is 755 g/mol. The van der Waals surface area contributed by atoms with Crippen molar-refractivity contribution in [1.29, 1.82) is 0 Å². The van der Waals surface area contributed by atoms with Crippen molar-refractivity contribution in [2.75, 3.05) is 32.8 Å². The van der Waals surface area contributed by atoms with E-state index >= 15 is 0 Å². The molecule has 0 spiro atoms. The number of nitrogens with zero attached hydrogens (tertiary/aromatic N) is 3. The molecule has 3 saturated heterocycles. The summed E-state index contributed by atoms with van der Waals surface area (Å²) in [7, 11) is -7.82. The number of rotatable bonds is 6. The zero-order chi connectivity index (χ0) is 33.1. The summed E-state index contributed by atoms with van der Waals surface area (Å²) in [5.41, 5.74) is 1.40. The third-order valence-electron chi connectivity index (χ3n) is 9.26. The minimum absolute atomic E-state index is 0.00754. The molecule has 46 heavy (non-hydrogen) atoms. The summed E-state index contributed by atoms with van der Waals surface area (Å²) >= 11 is 25.2. The first kappa shape index (κ1) is 34.1. The van der Waals surface area contributed by atoms with Crippen molar-refractivity contribution in [2.45, 2.75) is 58.3 Å². The number of piperidine rings is 2. The summed E-state index contributed by atoms with van der Waals surface area (Å²) < 4.78 is 74.6. The molecule has 4 aliphatic rings. The lowest BCUT2D eigenvalue weighted by Gasteiger charge is -2.53. The fourth-order valence-corrected chi connectivity index (χ4v) is 11.2. The molecule has 0 saturated carbocycles. The molecule has 248 valence electrons. The topological polar surface area (TPSA) is 101 Å². The molecular formula is C30H31Cl4FN3O6S2+. The number of hydrogen-bond acceptors (Lipinski definition) is 6. The Bertz CT molecular complexity index is 1800. The summed E-state index contributed by atoms with van der Waals surface area (Å²) in [5.74, 6) is -0.537. The summed E-state index contributed by atoms with van der Waals surface area (Å²) in [5, 5.41) is 0.403. The van der Waals surface area contributed by atoms with Gasteiger partial charge in [0.15, 0.2) is 0 Å². The molecule has 2 aromatic rings. The van der Waals surface area contributed by atoms with E-state index in [0.29, 0.717) is 31.3 Å². The normalized spacial score (nSPS) is 25.4. The number of halogens is 5. The molecule has 1 amide bonds. The van der Waals surface area contributed by atoms with Crippen LogP contribution < -0.4 is 0 Å². The number of quaternary nitrogens is 1. The van der Waals surface area contributed by atoms with Gasteiger partial charge in [0.1, 0.15) is 34.5 Å². The van der Waals surface area contributed by atoms with Crippen LogP contribution in [0.15, 0.2) is 75.7 Å². The Morgan fingerprint density at radius 2 is 1.30 bits per heavy atom. The molecule has 0 radical (unpaired) electrons. The van der Waals surface area contributed by atoms with Crippen molar-refractivity contribution >= 4 is 72.5 Å². The standard InChI is InChI=1S/C30H31Cl4FN3O6S2/c31-21-15-22(32)17-27(16-21)46(42,43)37-13-8-25(9-14-37)38(28-5-10-30(33,34)18-20(28)19-44-29(38)39)24-6-11-36(12-7-24)45(40,41)26-3-1-23(35)2-4-26/h1-5,15-18,24-25H,6-14,19H2/q+1. The van der Waals surface area contributed by atoms with Gasteiger partial charge < -0.3 is 4.74 Å². The number of carbonyl (C=O) groups is 1. The number of sulfonamides is 2. The maximum Gasteiger partial charge on any atom is 0.522 e.